The van der Waals surface area contributed by atoms with Crippen LogP contribution in [0.2, 0.25) is 0 Å². The molecule has 0 radical (unpaired) electrons. The Morgan fingerprint density at radius 3 is 2.49 bits per heavy atom. The number of nitrogens with one attached hydrogen (secondary N) is 2. The summed E-state index contributed by atoms with van der Waals surface area (Å²) in [5.74, 6) is -2.00. The first kappa shape index (κ1) is 34.6. The van der Waals surface area contributed by atoms with Crippen LogP contribution in [0.1, 0.15) is 54.4 Å². The lowest BCUT2D eigenvalue weighted by atomic mass is 9.91. The number of benzene rings is 3. The van der Waals surface area contributed by atoms with E-state index in [0.29, 0.717) is 22.2 Å². The SMILES string of the molecule is CC1C(CSc2ncn[nH]2)OC(c2cccc(-c3cccc(CNC(=O)C4CCCN4C(=O)C(F)(F)F)c3)c2)OC1c1ccc(CO)cc1. The summed E-state index contributed by atoms with van der Waals surface area (Å²) in [6.07, 6.45) is -4.23. The molecule has 1 aromatic heterocycles. The topological polar surface area (TPSA) is 130 Å². The minimum Gasteiger partial charge on any atom is -0.392 e. The molecule has 49 heavy (non-hydrogen) atoms. The quantitative estimate of drug-likeness (QED) is 0.180. The van der Waals surface area contributed by atoms with E-state index in [1.807, 2.05) is 72.8 Å². The molecule has 3 N–H and O–H groups in total. The molecule has 2 aliphatic rings. The number of hydrogen-bond donors (Lipinski definition) is 3. The first-order chi connectivity index (χ1) is 23.6. The van der Waals surface area contributed by atoms with E-state index < -0.39 is 30.3 Å². The zero-order valence-corrected chi connectivity index (χ0v) is 27.4. The molecule has 3 heterocycles. The Hall–Kier alpha value is -4.24. The lowest BCUT2D eigenvalue weighted by molar-refractivity contribution is -0.268. The van der Waals surface area contributed by atoms with Crippen LogP contribution in [0.5, 0.6) is 0 Å². The van der Waals surface area contributed by atoms with Gasteiger partial charge in [0.1, 0.15) is 12.4 Å². The van der Waals surface area contributed by atoms with E-state index in [4.69, 9.17) is 9.47 Å². The molecule has 0 aliphatic carbocycles. The number of aromatic amines is 1. The molecule has 0 bridgehead atoms. The molecule has 0 spiro atoms. The summed E-state index contributed by atoms with van der Waals surface area (Å²) in [6.45, 7) is 2.02. The molecule has 5 unspecified atom stereocenters. The summed E-state index contributed by atoms with van der Waals surface area (Å²) in [4.78, 5) is 29.5. The summed E-state index contributed by atoms with van der Waals surface area (Å²) in [5.41, 5.74) is 5.08. The van der Waals surface area contributed by atoms with Crippen molar-refractivity contribution in [3.63, 3.8) is 0 Å². The van der Waals surface area contributed by atoms with Gasteiger partial charge in [-0.3, -0.25) is 14.7 Å². The standard InChI is InChI=1S/C35H36F3N5O5S/c1-21-29(19-49-34-40-20-41-42-34)47-32(48-30(21)24-12-10-22(18-44)11-13-24)27-8-3-7-26(16-27)25-6-2-5-23(15-25)17-39-31(45)28-9-4-14-43(28)33(46)35(36,37)38/h2-3,5-8,10-13,15-16,20-21,28-30,32,44H,4,9,14,17-19H2,1H3,(H,39,45)(H,40,41,42). The number of aliphatic hydroxyl groups is 1. The van der Waals surface area contributed by atoms with Crippen LogP contribution in [0.4, 0.5) is 13.2 Å². The molecule has 258 valence electrons. The Morgan fingerprint density at radius 1 is 1.02 bits per heavy atom. The summed E-state index contributed by atoms with van der Waals surface area (Å²) >= 11 is 1.51. The lowest BCUT2D eigenvalue weighted by Gasteiger charge is -2.41. The van der Waals surface area contributed by atoms with Crippen LogP contribution in [0.25, 0.3) is 11.1 Å². The van der Waals surface area contributed by atoms with Gasteiger partial charge in [0.15, 0.2) is 11.4 Å². The van der Waals surface area contributed by atoms with Crippen LogP contribution in [-0.2, 0) is 32.2 Å². The zero-order valence-electron chi connectivity index (χ0n) is 26.6. The predicted molar refractivity (Wildman–Crippen MR) is 175 cm³/mol. The van der Waals surface area contributed by atoms with Gasteiger partial charge in [0, 0.05) is 30.3 Å². The van der Waals surface area contributed by atoms with Gasteiger partial charge in [-0.25, -0.2) is 4.98 Å². The van der Waals surface area contributed by atoms with Gasteiger partial charge >= 0.3 is 12.1 Å². The molecular weight excluding hydrogens is 659 g/mol. The number of nitrogens with zero attached hydrogens (tertiary/aromatic N) is 3. The third-order valence-corrected chi connectivity index (χ3v) is 9.81. The highest BCUT2D eigenvalue weighted by Crippen LogP contribution is 2.43. The van der Waals surface area contributed by atoms with Crippen LogP contribution in [0.15, 0.2) is 84.3 Å². The van der Waals surface area contributed by atoms with Crippen molar-refractivity contribution in [2.75, 3.05) is 12.3 Å². The second-order valence-electron chi connectivity index (χ2n) is 12.1. The Kier molecular flexibility index (Phi) is 10.7. The number of thioether (sulfide) groups is 1. The Morgan fingerprint density at radius 2 is 1.78 bits per heavy atom. The molecule has 14 heteroatoms. The van der Waals surface area contributed by atoms with Gasteiger partial charge < -0.3 is 24.8 Å². The fourth-order valence-corrected chi connectivity index (χ4v) is 7.16. The normalized spacial score (nSPS) is 22.6. The summed E-state index contributed by atoms with van der Waals surface area (Å²) in [7, 11) is 0. The fraction of sp³-hybridized carbons (Fsp3) is 0.371. The molecule has 10 nitrogen and oxygen atoms in total. The van der Waals surface area contributed by atoms with Crippen LogP contribution in [0, 0.1) is 5.92 Å². The number of rotatable bonds is 10. The van der Waals surface area contributed by atoms with Crippen molar-refractivity contribution in [2.45, 2.75) is 68.8 Å². The fourth-order valence-electron chi connectivity index (χ4n) is 6.21. The maximum absolute atomic E-state index is 13.0. The van der Waals surface area contributed by atoms with Crippen LogP contribution >= 0.6 is 11.8 Å². The number of amides is 2. The number of alkyl halides is 3. The highest BCUT2D eigenvalue weighted by molar-refractivity contribution is 7.99. The van der Waals surface area contributed by atoms with Crippen molar-refractivity contribution in [1.82, 2.24) is 25.4 Å². The number of aliphatic hydroxyl groups excluding tert-OH is 1. The summed E-state index contributed by atoms with van der Waals surface area (Å²) < 4.78 is 52.3. The molecule has 3 aromatic carbocycles. The summed E-state index contributed by atoms with van der Waals surface area (Å²) in [6, 6.07) is 21.8. The number of H-pyrrole nitrogens is 1. The van der Waals surface area contributed by atoms with Crippen LogP contribution < -0.4 is 5.32 Å². The van der Waals surface area contributed by atoms with Crippen molar-refractivity contribution >= 4 is 23.6 Å². The molecule has 6 rings (SSSR count). The average molecular weight is 696 g/mol. The second-order valence-corrected chi connectivity index (χ2v) is 13.1. The Balaban J connectivity index is 1.18. The van der Waals surface area contributed by atoms with E-state index in [9.17, 15) is 27.9 Å². The van der Waals surface area contributed by atoms with Crippen LogP contribution in [0.3, 0.4) is 0 Å². The average Bonchev–Trinajstić information content (AvgIpc) is 3.83. The monoisotopic (exact) mass is 695 g/mol. The smallest absolute Gasteiger partial charge is 0.392 e. The predicted octanol–water partition coefficient (Wildman–Crippen LogP) is 5.72. The molecule has 2 amide bonds. The van der Waals surface area contributed by atoms with Gasteiger partial charge in [-0.05, 0) is 52.8 Å². The van der Waals surface area contributed by atoms with E-state index in [0.717, 1.165) is 33.4 Å². The zero-order chi connectivity index (χ0) is 34.5. The number of ether oxygens (including phenoxy) is 2. The van der Waals surface area contributed by atoms with E-state index in [2.05, 4.69) is 27.4 Å². The maximum Gasteiger partial charge on any atom is 0.471 e. The molecule has 4 aromatic rings. The molecule has 0 saturated carbocycles. The lowest BCUT2D eigenvalue weighted by Crippen LogP contribution is -2.50. The first-order valence-electron chi connectivity index (χ1n) is 15.9. The molecular formula is C35H36F3N5O5S. The van der Waals surface area contributed by atoms with E-state index in [1.165, 1.54) is 18.1 Å². The highest BCUT2D eigenvalue weighted by atomic mass is 32.2. The second kappa shape index (κ2) is 15.1. The van der Waals surface area contributed by atoms with E-state index in [1.54, 1.807) is 0 Å². The van der Waals surface area contributed by atoms with Crippen molar-refractivity contribution in [3.05, 3.63) is 101 Å². The van der Waals surface area contributed by atoms with Gasteiger partial charge in [-0.2, -0.15) is 18.3 Å². The number of carbonyl (C=O) groups excluding carboxylic acids is 2. The number of carbonyl (C=O) groups is 2. The van der Waals surface area contributed by atoms with E-state index >= 15 is 0 Å². The van der Waals surface area contributed by atoms with Crippen molar-refractivity contribution < 1.29 is 37.3 Å². The largest absolute Gasteiger partial charge is 0.471 e. The first-order valence-corrected chi connectivity index (χ1v) is 16.9. The number of halogens is 3. The third-order valence-electron chi connectivity index (χ3n) is 8.85. The molecule has 2 saturated heterocycles. The maximum atomic E-state index is 13.0. The van der Waals surface area contributed by atoms with Crippen LogP contribution in [-0.4, -0.2) is 67.6 Å². The molecule has 5 atom stereocenters. The molecule has 2 aliphatic heterocycles. The van der Waals surface area contributed by atoms with Crippen molar-refractivity contribution in [1.29, 1.82) is 0 Å². The highest BCUT2D eigenvalue weighted by Gasteiger charge is 2.47. The van der Waals surface area contributed by atoms with Gasteiger partial charge in [-0.1, -0.05) is 79.3 Å². The Labute approximate surface area is 285 Å². The van der Waals surface area contributed by atoms with Crippen molar-refractivity contribution in [2.24, 2.45) is 5.92 Å². The third kappa shape index (κ3) is 8.15. The summed E-state index contributed by atoms with van der Waals surface area (Å²) in [5, 5.41) is 19.7. The van der Waals surface area contributed by atoms with Gasteiger partial charge in [0.05, 0.1) is 18.8 Å². The van der Waals surface area contributed by atoms with Crippen molar-refractivity contribution in [3.8, 4) is 11.1 Å². The van der Waals surface area contributed by atoms with Gasteiger partial charge in [0.25, 0.3) is 0 Å². The number of hydrogen-bond acceptors (Lipinski definition) is 8. The molecule has 2 fully saturated rings. The van der Waals surface area contributed by atoms with Gasteiger partial charge in [0.2, 0.25) is 5.91 Å². The van der Waals surface area contributed by atoms with Gasteiger partial charge in [-0.15, -0.1) is 0 Å². The minimum atomic E-state index is -5.03. The minimum absolute atomic E-state index is 0.00961. The Bertz CT molecular complexity index is 1740. The number of aromatic nitrogens is 3. The number of likely N-dealkylation sites (tertiary alicyclic amines) is 1. The van der Waals surface area contributed by atoms with E-state index in [-0.39, 0.29) is 44.2 Å².